The van der Waals surface area contributed by atoms with Crippen molar-refractivity contribution in [1.29, 1.82) is 0 Å². The van der Waals surface area contributed by atoms with Gasteiger partial charge in [-0.1, -0.05) is 19.3 Å². The Bertz CT molecular complexity index is 150. The van der Waals surface area contributed by atoms with Crippen LogP contribution in [0.4, 0.5) is 0 Å². The lowest BCUT2D eigenvalue weighted by molar-refractivity contribution is -0.125. The summed E-state index contributed by atoms with van der Waals surface area (Å²) in [7, 11) is 0. The Morgan fingerprint density at radius 2 is 2.00 bits per heavy atom. The maximum atomic E-state index is 11.2. The first-order chi connectivity index (χ1) is 5.34. The zero-order valence-electron chi connectivity index (χ0n) is 6.68. The topological polar surface area (TPSA) is 41.5 Å². The van der Waals surface area contributed by atoms with E-state index in [4.69, 9.17) is 0 Å². The average molecular weight is 154 g/mol. The van der Waals surface area contributed by atoms with Gasteiger partial charge in [-0.25, -0.2) is 5.43 Å². The number of nitrogens with zero attached hydrogens (tertiary/aromatic N) is 1. The fraction of sp³-hybridized carbons (Fsp3) is 0.750. The molecule has 0 unspecified atom stereocenters. The van der Waals surface area contributed by atoms with Crippen molar-refractivity contribution in [1.82, 2.24) is 5.43 Å². The van der Waals surface area contributed by atoms with Crippen LogP contribution in [0.5, 0.6) is 0 Å². The molecular formula is C8H14N2O. The Hall–Kier alpha value is -0.860. The van der Waals surface area contributed by atoms with Crippen LogP contribution in [-0.4, -0.2) is 12.6 Å². The van der Waals surface area contributed by atoms with Crippen LogP contribution in [0.2, 0.25) is 0 Å². The summed E-state index contributed by atoms with van der Waals surface area (Å²) in [4.78, 5) is 11.2. The fourth-order valence-corrected chi connectivity index (χ4v) is 1.53. The summed E-state index contributed by atoms with van der Waals surface area (Å²) >= 11 is 0. The van der Waals surface area contributed by atoms with Gasteiger partial charge in [-0.15, -0.1) is 0 Å². The smallest absolute Gasteiger partial charge is 0.243 e. The lowest BCUT2D eigenvalue weighted by atomic mass is 9.89. The fourth-order valence-electron chi connectivity index (χ4n) is 1.53. The first kappa shape index (κ1) is 8.24. The Labute approximate surface area is 66.9 Å². The molecule has 1 fully saturated rings. The lowest BCUT2D eigenvalue weighted by Crippen LogP contribution is -2.27. The minimum absolute atomic E-state index is 0.0414. The highest BCUT2D eigenvalue weighted by Crippen LogP contribution is 2.23. The van der Waals surface area contributed by atoms with Crippen molar-refractivity contribution in [3.8, 4) is 0 Å². The molecule has 0 bridgehead atoms. The monoisotopic (exact) mass is 154 g/mol. The number of hydrogen-bond donors (Lipinski definition) is 1. The van der Waals surface area contributed by atoms with Crippen LogP contribution in [0.1, 0.15) is 32.1 Å². The second-order valence-electron chi connectivity index (χ2n) is 2.97. The molecule has 0 aromatic rings. The van der Waals surface area contributed by atoms with E-state index in [1.165, 1.54) is 19.3 Å². The number of carbonyl (C=O) groups is 1. The van der Waals surface area contributed by atoms with E-state index in [1.54, 1.807) is 0 Å². The molecule has 0 aliphatic heterocycles. The van der Waals surface area contributed by atoms with E-state index in [0.29, 0.717) is 0 Å². The molecule has 1 aliphatic rings. The second kappa shape index (κ2) is 4.11. The van der Waals surface area contributed by atoms with Gasteiger partial charge in [0.2, 0.25) is 5.91 Å². The zero-order valence-corrected chi connectivity index (χ0v) is 6.68. The molecular weight excluding hydrogens is 140 g/mol. The first-order valence-electron chi connectivity index (χ1n) is 4.10. The second-order valence-corrected chi connectivity index (χ2v) is 2.97. The highest BCUT2D eigenvalue weighted by Gasteiger charge is 2.20. The van der Waals surface area contributed by atoms with E-state index in [2.05, 4.69) is 17.2 Å². The molecule has 62 valence electrons. The number of carbonyl (C=O) groups excluding carboxylic acids is 1. The molecule has 1 rings (SSSR count). The molecule has 0 heterocycles. The van der Waals surface area contributed by atoms with Gasteiger partial charge in [0.05, 0.1) is 0 Å². The van der Waals surface area contributed by atoms with E-state index < -0.39 is 0 Å². The third kappa shape index (κ3) is 2.33. The van der Waals surface area contributed by atoms with Gasteiger partial charge in [0, 0.05) is 12.6 Å². The maximum absolute atomic E-state index is 11.2. The third-order valence-electron chi connectivity index (χ3n) is 2.17. The summed E-state index contributed by atoms with van der Waals surface area (Å²) in [6.45, 7) is 3.21. The summed E-state index contributed by atoms with van der Waals surface area (Å²) in [5, 5.41) is 3.36. The molecule has 0 aromatic heterocycles. The van der Waals surface area contributed by atoms with E-state index >= 15 is 0 Å². The predicted molar refractivity (Wildman–Crippen MR) is 44.3 cm³/mol. The van der Waals surface area contributed by atoms with Crippen LogP contribution in [0.25, 0.3) is 0 Å². The number of nitrogens with one attached hydrogen (secondary N) is 1. The molecule has 0 radical (unpaired) electrons. The molecule has 1 amide bonds. The zero-order chi connectivity index (χ0) is 8.10. The molecule has 3 nitrogen and oxygen atoms in total. The number of hydrazone groups is 1. The van der Waals surface area contributed by atoms with Crippen molar-refractivity contribution in [2.75, 3.05) is 0 Å². The molecule has 0 atom stereocenters. The summed E-state index contributed by atoms with van der Waals surface area (Å²) in [5.41, 5.74) is 2.39. The van der Waals surface area contributed by atoms with Crippen molar-refractivity contribution < 1.29 is 4.79 Å². The maximum Gasteiger partial charge on any atom is 0.243 e. The van der Waals surface area contributed by atoms with Gasteiger partial charge in [0.25, 0.3) is 0 Å². The molecule has 0 aromatic carbocycles. The summed E-state index contributed by atoms with van der Waals surface area (Å²) in [6.07, 6.45) is 5.65. The van der Waals surface area contributed by atoms with Gasteiger partial charge in [-0.2, -0.15) is 5.10 Å². The van der Waals surface area contributed by atoms with Gasteiger partial charge in [-0.3, -0.25) is 4.79 Å². The van der Waals surface area contributed by atoms with Crippen LogP contribution in [-0.2, 0) is 4.79 Å². The van der Waals surface area contributed by atoms with Crippen molar-refractivity contribution >= 4 is 12.6 Å². The number of hydrogen-bond acceptors (Lipinski definition) is 2. The minimum Gasteiger partial charge on any atom is -0.273 e. The van der Waals surface area contributed by atoms with E-state index in [9.17, 15) is 4.79 Å². The normalized spacial score (nSPS) is 19.3. The average Bonchev–Trinajstić information content (AvgIpc) is 2.07. The Morgan fingerprint density at radius 3 is 2.55 bits per heavy atom. The van der Waals surface area contributed by atoms with E-state index in [-0.39, 0.29) is 11.8 Å². The van der Waals surface area contributed by atoms with Gasteiger partial charge >= 0.3 is 0 Å². The quantitative estimate of drug-likeness (QED) is 0.472. The third-order valence-corrected chi connectivity index (χ3v) is 2.17. The Kier molecular flexibility index (Phi) is 3.08. The standard InChI is InChI=1S/C8H14N2O/c1-9-10-8(11)7-5-3-2-4-6-7/h7H,1-6H2,(H,10,11). The highest BCUT2D eigenvalue weighted by atomic mass is 16.2. The first-order valence-corrected chi connectivity index (χ1v) is 4.10. The molecule has 11 heavy (non-hydrogen) atoms. The molecule has 1 aliphatic carbocycles. The Balaban J connectivity index is 2.32. The lowest BCUT2D eigenvalue weighted by Gasteiger charge is -2.18. The van der Waals surface area contributed by atoms with Crippen molar-refractivity contribution in [3.05, 3.63) is 0 Å². The number of amides is 1. The largest absolute Gasteiger partial charge is 0.273 e. The van der Waals surface area contributed by atoms with E-state index in [1.807, 2.05) is 0 Å². The molecule has 0 saturated heterocycles. The predicted octanol–water partition coefficient (Wildman–Crippen LogP) is 1.30. The van der Waals surface area contributed by atoms with Crippen LogP contribution in [0.3, 0.4) is 0 Å². The number of rotatable bonds is 2. The van der Waals surface area contributed by atoms with Crippen molar-refractivity contribution in [2.24, 2.45) is 11.0 Å². The van der Waals surface area contributed by atoms with Crippen LogP contribution in [0, 0.1) is 5.92 Å². The van der Waals surface area contributed by atoms with Crippen LogP contribution in [0.15, 0.2) is 5.10 Å². The minimum atomic E-state index is 0.0414. The van der Waals surface area contributed by atoms with Crippen LogP contribution >= 0.6 is 0 Å². The summed E-state index contributed by atoms with van der Waals surface area (Å²) in [6, 6.07) is 0. The van der Waals surface area contributed by atoms with Gasteiger partial charge in [0.15, 0.2) is 0 Å². The Morgan fingerprint density at radius 1 is 1.36 bits per heavy atom. The summed E-state index contributed by atoms with van der Waals surface area (Å²) in [5.74, 6) is 0.231. The molecule has 0 spiro atoms. The molecule has 1 saturated carbocycles. The molecule has 3 heteroatoms. The van der Waals surface area contributed by atoms with Crippen LogP contribution < -0.4 is 5.43 Å². The van der Waals surface area contributed by atoms with Gasteiger partial charge in [0.1, 0.15) is 0 Å². The van der Waals surface area contributed by atoms with Crippen molar-refractivity contribution in [3.63, 3.8) is 0 Å². The van der Waals surface area contributed by atoms with Crippen molar-refractivity contribution in [2.45, 2.75) is 32.1 Å². The molecule has 1 N–H and O–H groups in total. The van der Waals surface area contributed by atoms with E-state index in [0.717, 1.165) is 12.8 Å². The van der Waals surface area contributed by atoms with Gasteiger partial charge in [-0.05, 0) is 12.8 Å². The summed E-state index contributed by atoms with van der Waals surface area (Å²) < 4.78 is 0. The SMILES string of the molecule is C=NNC(=O)C1CCCCC1. The van der Waals surface area contributed by atoms with Gasteiger partial charge < -0.3 is 0 Å². The highest BCUT2D eigenvalue weighted by molar-refractivity contribution is 5.78.